The average Bonchev–Trinajstić information content (AvgIpc) is 2.39. The van der Waals surface area contributed by atoms with Crippen LogP contribution < -0.4 is 4.74 Å². The van der Waals surface area contributed by atoms with Crippen LogP contribution in [0, 0.1) is 6.92 Å². The van der Waals surface area contributed by atoms with Crippen molar-refractivity contribution in [1.29, 1.82) is 0 Å². The van der Waals surface area contributed by atoms with Crippen LogP contribution in [0.1, 0.15) is 37.0 Å². The molecule has 0 spiro atoms. The summed E-state index contributed by atoms with van der Waals surface area (Å²) in [6, 6.07) is 18.7. The minimum absolute atomic E-state index is 0. The predicted molar refractivity (Wildman–Crippen MR) is 83.1 cm³/mol. The first-order chi connectivity index (χ1) is 8.79. The van der Waals surface area contributed by atoms with Crippen molar-refractivity contribution in [2.24, 2.45) is 0 Å². The molecule has 0 aliphatic heterocycles. The third-order valence-electron chi connectivity index (χ3n) is 2.99. The molecule has 0 amide bonds. The summed E-state index contributed by atoms with van der Waals surface area (Å²) in [5.41, 5.74) is 2.48. The zero-order chi connectivity index (χ0) is 12.8. The second-order valence-electron chi connectivity index (χ2n) is 4.62. The molecule has 0 aliphatic rings. The molecule has 1 atom stereocenters. The molecule has 0 fully saturated rings. The van der Waals surface area contributed by atoms with Gasteiger partial charge in [0.15, 0.2) is 0 Å². The van der Waals surface area contributed by atoms with Crippen LogP contribution in [0.2, 0.25) is 0 Å². The molecule has 2 aromatic rings. The molecule has 0 aliphatic carbocycles. The van der Waals surface area contributed by atoms with E-state index >= 15 is 0 Å². The molecule has 1 nitrogen and oxygen atoms in total. The van der Waals surface area contributed by atoms with E-state index in [-0.39, 0.29) is 18.5 Å². The van der Waals surface area contributed by atoms with Crippen molar-refractivity contribution in [1.82, 2.24) is 0 Å². The molecule has 0 bridgehead atoms. The van der Waals surface area contributed by atoms with Crippen molar-refractivity contribution in [2.75, 3.05) is 0 Å². The second-order valence-corrected chi connectivity index (χ2v) is 4.62. The van der Waals surface area contributed by atoms with E-state index < -0.39 is 0 Å². The van der Waals surface area contributed by atoms with E-state index in [9.17, 15) is 0 Å². The monoisotopic (exact) mass is 276 g/mol. The summed E-state index contributed by atoms with van der Waals surface area (Å²) in [6.45, 7) is 4.28. The minimum atomic E-state index is 0. The topological polar surface area (TPSA) is 9.23 Å². The van der Waals surface area contributed by atoms with Crippen molar-refractivity contribution >= 4 is 12.4 Å². The van der Waals surface area contributed by atoms with Gasteiger partial charge in [-0.15, -0.1) is 12.4 Å². The average molecular weight is 277 g/mol. The highest BCUT2D eigenvalue weighted by atomic mass is 35.5. The fraction of sp³-hybridized carbons (Fsp3) is 0.294. The van der Waals surface area contributed by atoms with Crippen LogP contribution >= 0.6 is 12.4 Å². The van der Waals surface area contributed by atoms with E-state index in [0.29, 0.717) is 0 Å². The van der Waals surface area contributed by atoms with Gasteiger partial charge in [-0.3, -0.25) is 0 Å². The molecule has 0 N–H and O–H groups in total. The van der Waals surface area contributed by atoms with E-state index in [4.69, 9.17) is 4.74 Å². The molecule has 1 unspecified atom stereocenters. The lowest BCUT2D eigenvalue weighted by Gasteiger charge is -2.19. The normalized spacial score (nSPS) is 11.5. The molecular formula is C17H21ClO. The van der Waals surface area contributed by atoms with Crippen molar-refractivity contribution in [3.63, 3.8) is 0 Å². The zero-order valence-electron chi connectivity index (χ0n) is 11.5. The Morgan fingerprint density at radius 1 is 1.00 bits per heavy atom. The zero-order valence-corrected chi connectivity index (χ0v) is 12.3. The van der Waals surface area contributed by atoms with Crippen LogP contribution in [0.15, 0.2) is 54.6 Å². The summed E-state index contributed by atoms with van der Waals surface area (Å²) in [5.74, 6) is 0.956. The summed E-state index contributed by atoms with van der Waals surface area (Å²) in [7, 11) is 0. The van der Waals surface area contributed by atoms with Gasteiger partial charge in [0.25, 0.3) is 0 Å². The number of benzene rings is 2. The van der Waals surface area contributed by atoms with Gasteiger partial charge in [0.05, 0.1) is 0 Å². The third-order valence-corrected chi connectivity index (χ3v) is 2.99. The van der Waals surface area contributed by atoms with Crippen LogP contribution in [-0.2, 0) is 0 Å². The molecule has 0 heterocycles. The maximum absolute atomic E-state index is 6.12. The van der Waals surface area contributed by atoms with Crippen molar-refractivity contribution in [3.8, 4) is 5.75 Å². The summed E-state index contributed by atoms with van der Waals surface area (Å²) < 4.78 is 6.12. The Kier molecular flexibility index (Phi) is 6.44. The Morgan fingerprint density at radius 3 is 2.37 bits per heavy atom. The maximum atomic E-state index is 6.12. The second kappa shape index (κ2) is 7.85. The number of hydrogen-bond acceptors (Lipinski definition) is 1. The van der Waals surface area contributed by atoms with Gasteiger partial charge in [0.2, 0.25) is 0 Å². The van der Waals surface area contributed by atoms with Gasteiger partial charge in [-0.2, -0.15) is 0 Å². The first-order valence-electron chi connectivity index (χ1n) is 6.58. The Hall–Kier alpha value is -1.47. The van der Waals surface area contributed by atoms with Crippen LogP contribution in [0.25, 0.3) is 0 Å². The van der Waals surface area contributed by atoms with Crippen LogP contribution in [0.5, 0.6) is 5.75 Å². The van der Waals surface area contributed by atoms with E-state index in [0.717, 1.165) is 18.6 Å². The quantitative estimate of drug-likeness (QED) is 0.716. The van der Waals surface area contributed by atoms with Gasteiger partial charge in [0, 0.05) is 0 Å². The molecule has 2 aromatic carbocycles. The molecular weight excluding hydrogens is 256 g/mol. The molecule has 2 rings (SSSR count). The minimum Gasteiger partial charge on any atom is -0.486 e. The number of aryl methyl sites for hydroxylation is 1. The smallest absolute Gasteiger partial charge is 0.124 e. The first kappa shape index (κ1) is 15.6. The van der Waals surface area contributed by atoms with E-state index in [1.807, 2.05) is 18.2 Å². The molecule has 0 saturated carbocycles. The van der Waals surface area contributed by atoms with Crippen LogP contribution in [0.3, 0.4) is 0 Å². The molecule has 0 saturated heterocycles. The highest BCUT2D eigenvalue weighted by Crippen LogP contribution is 2.26. The number of ether oxygens (including phenoxy) is 1. The lowest BCUT2D eigenvalue weighted by atomic mass is 10.1. The first-order valence-corrected chi connectivity index (χ1v) is 6.58. The standard InChI is InChI=1S/C17H20O.ClH/c1-3-8-17(15-10-5-4-6-11-15)18-16-12-7-9-14(2)13-16;/h4-7,9-13,17H,3,8H2,1-2H3;1H. The lowest BCUT2D eigenvalue weighted by Crippen LogP contribution is -2.07. The van der Waals surface area contributed by atoms with Gasteiger partial charge < -0.3 is 4.74 Å². The summed E-state index contributed by atoms with van der Waals surface area (Å²) >= 11 is 0. The highest BCUT2D eigenvalue weighted by molar-refractivity contribution is 5.85. The van der Waals surface area contributed by atoms with E-state index in [1.165, 1.54) is 11.1 Å². The predicted octanol–water partition coefficient (Wildman–Crippen LogP) is 5.34. The Balaban J connectivity index is 0.00000180. The summed E-state index contributed by atoms with van der Waals surface area (Å²) in [6.07, 6.45) is 2.31. The Bertz CT molecular complexity index is 482. The highest BCUT2D eigenvalue weighted by Gasteiger charge is 2.11. The molecule has 102 valence electrons. The van der Waals surface area contributed by atoms with Crippen molar-refractivity contribution in [3.05, 3.63) is 65.7 Å². The maximum Gasteiger partial charge on any atom is 0.124 e. The van der Waals surface area contributed by atoms with Crippen molar-refractivity contribution < 1.29 is 4.74 Å². The molecule has 19 heavy (non-hydrogen) atoms. The largest absolute Gasteiger partial charge is 0.486 e. The van der Waals surface area contributed by atoms with Gasteiger partial charge >= 0.3 is 0 Å². The number of rotatable bonds is 5. The van der Waals surface area contributed by atoms with Gasteiger partial charge in [-0.1, -0.05) is 55.8 Å². The number of halogens is 1. The van der Waals surface area contributed by atoms with E-state index in [1.54, 1.807) is 0 Å². The summed E-state index contributed by atoms with van der Waals surface area (Å²) in [4.78, 5) is 0. The van der Waals surface area contributed by atoms with E-state index in [2.05, 4.69) is 50.2 Å². The van der Waals surface area contributed by atoms with Crippen molar-refractivity contribution in [2.45, 2.75) is 32.8 Å². The fourth-order valence-corrected chi connectivity index (χ4v) is 2.08. The fourth-order valence-electron chi connectivity index (χ4n) is 2.08. The number of hydrogen-bond donors (Lipinski definition) is 0. The summed E-state index contributed by atoms with van der Waals surface area (Å²) in [5, 5.41) is 0. The van der Waals surface area contributed by atoms with Crippen LogP contribution in [0.4, 0.5) is 0 Å². The van der Waals surface area contributed by atoms with Gasteiger partial charge in [-0.25, -0.2) is 0 Å². The Morgan fingerprint density at radius 2 is 1.74 bits per heavy atom. The van der Waals surface area contributed by atoms with Gasteiger partial charge in [0.1, 0.15) is 11.9 Å². The molecule has 0 radical (unpaired) electrons. The Labute approximate surface area is 122 Å². The third kappa shape index (κ3) is 4.60. The molecule has 0 aromatic heterocycles. The van der Waals surface area contributed by atoms with Gasteiger partial charge in [-0.05, 0) is 36.6 Å². The SMILES string of the molecule is CCCC(Oc1cccc(C)c1)c1ccccc1.Cl. The lowest BCUT2D eigenvalue weighted by molar-refractivity contribution is 0.193. The van der Waals surface area contributed by atoms with Crippen LogP contribution in [-0.4, -0.2) is 0 Å². The molecule has 2 heteroatoms.